The van der Waals surface area contributed by atoms with Gasteiger partial charge in [0.15, 0.2) is 0 Å². The molecule has 0 spiro atoms. The van der Waals surface area contributed by atoms with Crippen LogP contribution in [0.2, 0.25) is 0 Å². The summed E-state index contributed by atoms with van der Waals surface area (Å²) in [6.07, 6.45) is 10.1. The van der Waals surface area contributed by atoms with Crippen molar-refractivity contribution in [3.05, 3.63) is 0 Å². The van der Waals surface area contributed by atoms with Gasteiger partial charge in [-0.05, 0) is 31.7 Å². The van der Waals surface area contributed by atoms with Crippen molar-refractivity contribution < 1.29 is 4.74 Å². The summed E-state index contributed by atoms with van der Waals surface area (Å²) < 4.78 is 5.66. The molecule has 18 heavy (non-hydrogen) atoms. The van der Waals surface area contributed by atoms with Crippen LogP contribution in [0.3, 0.4) is 0 Å². The van der Waals surface area contributed by atoms with Crippen LogP contribution in [0.5, 0.6) is 0 Å². The predicted octanol–water partition coefficient (Wildman–Crippen LogP) is 2.02. The highest BCUT2D eigenvalue weighted by Crippen LogP contribution is 2.28. The maximum absolute atomic E-state index is 5.66. The fourth-order valence-corrected chi connectivity index (χ4v) is 3.41. The monoisotopic (exact) mass is 252 g/mol. The van der Waals surface area contributed by atoms with E-state index in [1.165, 1.54) is 51.5 Å². The molecule has 104 valence electrons. The third kappa shape index (κ3) is 3.69. The summed E-state index contributed by atoms with van der Waals surface area (Å²) in [6, 6.07) is 1.45. The Balaban J connectivity index is 1.41. The lowest BCUT2D eigenvalue weighted by Crippen LogP contribution is -2.51. The van der Waals surface area contributed by atoms with Gasteiger partial charge in [0.05, 0.1) is 13.2 Å². The Hall–Kier alpha value is -0.120. The summed E-state index contributed by atoms with van der Waals surface area (Å²) in [5.74, 6) is 1.02. The van der Waals surface area contributed by atoms with Crippen LogP contribution in [-0.2, 0) is 4.74 Å². The van der Waals surface area contributed by atoms with E-state index in [1.54, 1.807) is 0 Å². The average Bonchev–Trinajstić information content (AvgIpc) is 3.09. The van der Waals surface area contributed by atoms with E-state index < -0.39 is 0 Å². The summed E-state index contributed by atoms with van der Waals surface area (Å²) in [4.78, 5) is 2.68. The molecule has 3 heteroatoms. The minimum absolute atomic E-state index is 0.626. The van der Waals surface area contributed by atoms with Crippen LogP contribution in [-0.4, -0.2) is 49.8 Å². The van der Waals surface area contributed by atoms with Gasteiger partial charge in [-0.1, -0.05) is 25.7 Å². The van der Waals surface area contributed by atoms with Gasteiger partial charge in [-0.2, -0.15) is 0 Å². The van der Waals surface area contributed by atoms with Gasteiger partial charge in [-0.15, -0.1) is 0 Å². The van der Waals surface area contributed by atoms with E-state index in [-0.39, 0.29) is 0 Å². The zero-order valence-corrected chi connectivity index (χ0v) is 11.6. The molecule has 0 radical (unpaired) electrons. The zero-order valence-electron chi connectivity index (χ0n) is 11.6. The molecule has 1 unspecified atom stereocenters. The fraction of sp³-hybridized carbons (Fsp3) is 1.00. The van der Waals surface area contributed by atoms with Crippen molar-refractivity contribution in [3.8, 4) is 0 Å². The molecule has 3 aliphatic rings. The van der Waals surface area contributed by atoms with Gasteiger partial charge in [0.1, 0.15) is 0 Å². The molecule has 1 atom stereocenters. The quantitative estimate of drug-likeness (QED) is 0.783. The molecule has 0 aromatic rings. The molecule has 0 aromatic carbocycles. The highest BCUT2D eigenvalue weighted by molar-refractivity contribution is 4.85. The van der Waals surface area contributed by atoms with E-state index in [9.17, 15) is 0 Å². The van der Waals surface area contributed by atoms with Crippen molar-refractivity contribution in [3.63, 3.8) is 0 Å². The largest absolute Gasteiger partial charge is 0.378 e. The molecule has 1 N–H and O–H groups in total. The number of rotatable bonds is 6. The first-order valence-corrected chi connectivity index (χ1v) is 7.97. The van der Waals surface area contributed by atoms with Crippen molar-refractivity contribution >= 4 is 0 Å². The van der Waals surface area contributed by atoms with Gasteiger partial charge in [0.2, 0.25) is 0 Å². The second kappa shape index (κ2) is 6.36. The van der Waals surface area contributed by atoms with Gasteiger partial charge in [-0.3, -0.25) is 4.90 Å². The summed E-state index contributed by atoms with van der Waals surface area (Å²) in [7, 11) is 0. The lowest BCUT2D eigenvalue weighted by Gasteiger charge is -2.36. The Morgan fingerprint density at radius 2 is 1.94 bits per heavy atom. The Labute approximate surface area is 111 Å². The van der Waals surface area contributed by atoms with E-state index in [0.29, 0.717) is 6.04 Å². The molecule has 1 aliphatic heterocycles. The average molecular weight is 252 g/mol. The topological polar surface area (TPSA) is 24.5 Å². The van der Waals surface area contributed by atoms with Gasteiger partial charge >= 0.3 is 0 Å². The molecular formula is C15H28N2O. The van der Waals surface area contributed by atoms with Crippen LogP contribution in [0.15, 0.2) is 0 Å². The number of hydrogen-bond acceptors (Lipinski definition) is 3. The molecular weight excluding hydrogens is 224 g/mol. The Kier molecular flexibility index (Phi) is 4.55. The maximum Gasteiger partial charge on any atom is 0.0634 e. The van der Waals surface area contributed by atoms with E-state index in [0.717, 1.165) is 38.3 Å². The first kappa shape index (κ1) is 12.9. The first-order valence-electron chi connectivity index (χ1n) is 7.97. The van der Waals surface area contributed by atoms with E-state index in [2.05, 4.69) is 10.2 Å². The molecule has 2 aliphatic carbocycles. The van der Waals surface area contributed by atoms with Crippen molar-refractivity contribution in [2.45, 2.75) is 57.0 Å². The van der Waals surface area contributed by atoms with Gasteiger partial charge in [-0.25, -0.2) is 0 Å². The summed E-state index contributed by atoms with van der Waals surface area (Å²) in [5, 5.41) is 3.66. The molecule has 1 heterocycles. The lowest BCUT2D eigenvalue weighted by molar-refractivity contribution is -0.00899. The zero-order chi connectivity index (χ0) is 12.2. The molecule has 2 saturated carbocycles. The Bertz CT molecular complexity index is 249. The van der Waals surface area contributed by atoms with Crippen LogP contribution < -0.4 is 5.32 Å². The van der Waals surface area contributed by atoms with Gasteiger partial charge in [0, 0.05) is 25.2 Å². The molecule has 3 nitrogen and oxygen atoms in total. The van der Waals surface area contributed by atoms with Gasteiger partial charge < -0.3 is 10.1 Å². The highest BCUT2D eigenvalue weighted by Gasteiger charge is 2.27. The van der Waals surface area contributed by atoms with Crippen molar-refractivity contribution in [2.75, 3.05) is 32.8 Å². The number of hydrogen-bond donors (Lipinski definition) is 1. The number of morpholine rings is 1. The number of nitrogens with zero attached hydrogens (tertiary/aromatic N) is 1. The minimum atomic E-state index is 0.626. The molecule has 3 fully saturated rings. The maximum atomic E-state index is 5.66. The first-order chi connectivity index (χ1) is 8.92. The third-order valence-corrected chi connectivity index (χ3v) is 4.87. The molecule has 3 rings (SSSR count). The van der Waals surface area contributed by atoms with Crippen LogP contribution in [0, 0.1) is 5.92 Å². The smallest absolute Gasteiger partial charge is 0.0634 e. The van der Waals surface area contributed by atoms with Gasteiger partial charge in [0.25, 0.3) is 0 Å². The summed E-state index contributed by atoms with van der Waals surface area (Å²) in [6.45, 7) is 5.44. The number of ether oxygens (including phenoxy) is 1. The second-order valence-electron chi connectivity index (χ2n) is 6.39. The molecule has 1 saturated heterocycles. The second-order valence-corrected chi connectivity index (χ2v) is 6.39. The Morgan fingerprint density at radius 3 is 2.72 bits per heavy atom. The van der Waals surface area contributed by atoms with Crippen LogP contribution in [0.4, 0.5) is 0 Å². The van der Waals surface area contributed by atoms with E-state index >= 15 is 0 Å². The van der Waals surface area contributed by atoms with E-state index in [4.69, 9.17) is 4.74 Å². The Morgan fingerprint density at radius 1 is 1.11 bits per heavy atom. The van der Waals surface area contributed by atoms with Crippen molar-refractivity contribution in [1.82, 2.24) is 10.2 Å². The van der Waals surface area contributed by atoms with Crippen LogP contribution >= 0.6 is 0 Å². The molecule has 0 bridgehead atoms. The van der Waals surface area contributed by atoms with Crippen molar-refractivity contribution in [1.29, 1.82) is 0 Å². The van der Waals surface area contributed by atoms with Crippen LogP contribution in [0.1, 0.15) is 44.9 Å². The van der Waals surface area contributed by atoms with Crippen molar-refractivity contribution in [2.24, 2.45) is 5.92 Å². The highest BCUT2D eigenvalue weighted by atomic mass is 16.5. The summed E-state index contributed by atoms with van der Waals surface area (Å²) in [5.41, 5.74) is 0. The fourth-order valence-electron chi connectivity index (χ4n) is 3.41. The standard InChI is InChI=1S/C15H28N2O/c1-2-4-13(3-1)7-8-17-9-10-18-12-15(17)11-16-14-5-6-14/h13-16H,1-12H2. The van der Waals surface area contributed by atoms with Crippen LogP contribution in [0.25, 0.3) is 0 Å². The molecule has 0 aromatic heterocycles. The predicted molar refractivity (Wildman–Crippen MR) is 73.8 cm³/mol. The number of nitrogens with one attached hydrogen (secondary N) is 1. The summed E-state index contributed by atoms with van der Waals surface area (Å²) >= 11 is 0. The normalized spacial score (nSPS) is 31.0. The lowest BCUT2D eigenvalue weighted by atomic mass is 10.0. The third-order valence-electron chi connectivity index (χ3n) is 4.87. The SMILES string of the molecule is C1CCC(CCN2CCOCC2CNC2CC2)C1. The molecule has 0 amide bonds. The minimum Gasteiger partial charge on any atom is -0.378 e. The van der Waals surface area contributed by atoms with E-state index in [1.807, 2.05) is 0 Å².